The molecule has 2 N–H and O–H groups in total. The van der Waals surface area contributed by atoms with E-state index in [1.165, 1.54) is 12.1 Å². The van der Waals surface area contributed by atoms with Gasteiger partial charge in [0.05, 0.1) is 11.7 Å². The van der Waals surface area contributed by atoms with Gasteiger partial charge in [0.1, 0.15) is 5.82 Å². The Bertz CT molecular complexity index is 372. The third-order valence-electron chi connectivity index (χ3n) is 3.56. The minimum Gasteiger partial charge on any atom is -0.390 e. The second-order valence-corrected chi connectivity index (χ2v) is 4.60. The number of hydrogen-bond acceptors (Lipinski definition) is 2. The van der Waals surface area contributed by atoms with Gasteiger partial charge in [0, 0.05) is 6.42 Å². The largest absolute Gasteiger partial charge is 0.390 e. The van der Waals surface area contributed by atoms with E-state index in [1.807, 2.05) is 20.8 Å². The summed E-state index contributed by atoms with van der Waals surface area (Å²) in [6.45, 7) is 5.51. The molecule has 0 saturated carbocycles. The molecule has 1 aromatic rings. The van der Waals surface area contributed by atoms with Crippen molar-refractivity contribution in [2.24, 2.45) is 0 Å². The topological polar surface area (TPSA) is 40.5 Å². The van der Waals surface area contributed by atoms with Gasteiger partial charge in [-0.25, -0.2) is 4.39 Å². The van der Waals surface area contributed by atoms with Crippen molar-refractivity contribution in [1.29, 1.82) is 0 Å². The summed E-state index contributed by atoms with van der Waals surface area (Å²) in [5.74, 6) is -0.276. The predicted molar refractivity (Wildman–Crippen MR) is 66.4 cm³/mol. The first-order chi connectivity index (χ1) is 7.92. The fourth-order valence-corrected chi connectivity index (χ4v) is 2.01. The van der Waals surface area contributed by atoms with Crippen molar-refractivity contribution in [2.75, 3.05) is 0 Å². The average molecular weight is 240 g/mol. The van der Waals surface area contributed by atoms with Crippen LogP contribution in [-0.4, -0.2) is 21.9 Å². The minimum atomic E-state index is -1.05. The zero-order chi connectivity index (χ0) is 13.1. The van der Waals surface area contributed by atoms with Crippen LogP contribution < -0.4 is 0 Å². The summed E-state index contributed by atoms with van der Waals surface area (Å²) in [5.41, 5.74) is 0.624. The van der Waals surface area contributed by atoms with Crippen LogP contribution in [0.25, 0.3) is 0 Å². The molecule has 0 radical (unpaired) electrons. The lowest BCUT2D eigenvalue weighted by molar-refractivity contribution is -0.0790. The normalized spacial score (nSPS) is 13.8. The van der Waals surface area contributed by atoms with E-state index >= 15 is 0 Å². The summed E-state index contributed by atoms with van der Waals surface area (Å²) >= 11 is 0. The predicted octanol–water partition coefficient (Wildman–Crippen LogP) is 2.59. The van der Waals surface area contributed by atoms with Crippen LogP contribution in [0.2, 0.25) is 0 Å². The fourth-order valence-electron chi connectivity index (χ4n) is 2.01. The molecule has 0 spiro atoms. The molecule has 0 bridgehead atoms. The molecule has 3 heteroatoms. The smallest absolute Gasteiger partial charge is 0.123 e. The van der Waals surface area contributed by atoms with Crippen LogP contribution in [-0.2, 0) is 6.42 Å². The zero-order valence-electron chi connectivity index (χ0n) is 10.7. The highest BCUT2D eigenvalue weighted by Crippen LogP contribution is 2.23. The molecule has 0 amide bonds. The quantitative estimate of drug-likeness (QED) is 0.830. The van der Waals surface area contributed by atoms with E-state index in [1.54, 1.807) is 6.07 Å². The van der Waals surface area contributed by atoms with Gasteiger partial charge in [0.15, 0.2) is 0 Å². The van der Waals surface area contributed by atoms with Gasteiger partial charge in [-0.05, 0) is 43.0 Å². The molecule has 0 saturated heterocycles. The number of hydrogen-bond donors (Lipinski definition) is 2. The second-order valence-electron chi connectivity index (χ2n) is 4.60. The molecule has 1 rings (SSSR count). The number of aliphatic hydroxyl groups is 2. The molecule has 0 fully saturated rings. The molecule has 1 unspecified atom stereocenters. The molecule has 1 atom stereocenters. The molecule has 0 aromatic heterocycles. The second kappa shape index (κ2) is 5.61. The maximum atomic E-state index is 12.9. The van der Waals surface area contributed by atoms with Crippen LogP contribution >= 0.6 is 0 Å². The summed E-state index contributed by atoms with van der Waals surface area (Å²) < 4.78 is 12.9. The number of halogens is 1. The van der Waals surface area contributed by atoms with Crippen molar-refractivity contribution in [1.82, 2.24) is 0 Å². The van der Waals surface area contributed by atoms with Gasteiger partial charge in [-0.2, -0.15) is 0 Å². The fraction of sp³-hybridized carbons (Fsp3) is 0.571. The SMILES string of the molecule is CCC(O)(CC)C(O)Cc1ccc(F)cc1C. The zero-order valence-corrected chi connectivity index (χ0v) is 10.7. The lowest BCUT2D eigenvalue weighted by atomic mass is 9.86. The van der Waals surface area contributed by atoms with Crippen LogP contribution in [0.3, 0.4) is 0 Å². The van der Waals surface area contributed by atoms with Gasteiger partial charge < -0.3 is 10.2 Å². The van der Waals surface area contributed by atoms with Crippen molar-refractivity contribution < 1.29 is 14.6 Å². The Kier molecular flexibility index (Phi) is 4.66. The van der Waals surface area contributed by atoms with Crippen molar-refractivity contribution in [2.45, 2.75) is 51.7 Å². The third kappa shape index (κ3) is 3.27. The summed E-state index contributed by atoms with van der Waals surface area (Å²) in [7, 11) is 0. The van der Waals surface area contributed by atoms with Crippen LogP contribution in [0.1, 0.15) is 37.8 Å². The first-order valence-corrected chi connectivity index (χ1v) is 6.08. The molecule has 1 aromatic carbocycles. The summed E-state index contributed by atoms with van der Waals surface area (Å²) in [6, 6.07) is 4.49. The van der Waals surface area contributed by atoms with Crippen LogP contribution in [0.15, 0.2) is 18.2 Å². The highest BCUT2D eigenvalue weighted by Gasteiger charge is 2.31. The van der Waals surface area contributed by atoms with E-state index in [0.717, 1.165) is 11.1 Å². The Labute approximate surface area is 102 Å². The van der Waals surface area contributed by atoms with Gasteiger partial charge in [-0.1, -0.05) is 19.9 Å². The molecule has 96 valence electrons. The molecular weight excluding hydrogens is 219 g/mol. The highest BCUT2D eigenvalue weighted by molar-refractivity contribution is 5.27. The standard InChI is InChI=1S/C14H21FO2/c1-4-14(17,5-2)13(16)9-11-6-7-12(15)8-10(11)3/h6-8,13,16-17H,4-5,9H2,1-3H3. The van der Waals surface area contributed by atoms with Gasteiger partial charge >= 0.3 is 0 Å². The average Bonchev–Trinajstić information content (AvgIpc) is 2.31. The summed E-state index contributed by atoms with van der Waals surface area (Å²) in [5, 5.41) is 20.3. The van der Waals surface area contributed by atoms with Gasteiger partial charge in [0.25, 0.3) is 0 Å². The Balaban J connectivity index is 2.84. The monoisotopic (exact) mass is 240 g/mol. The Morgan fingerprint density at radius 2 is 1.88 bits per heavy atom. The molecule has 0 heterocycles. The van der Waals surface area contributed by atoms with E-state index in [2.05, 4.69) is 0 Å². The minimum absolute atomic E-state index is 0.276. The van der Waals surface area contributed by atoms with E-state index in [9.17, 15) is 14.6 Å². The Morgan fingerprint density at radius 1 is 1.29 bits per heavy atom. The van der Waals surface area contributed by atoms with E-state index in [4.69, 9.17) is 0 Å². The van der Waals surface area contributed by atoms with Gasteiger partial charge in [-0.15, -0.1) is 0 Å². The van der Waals surface area contributed by atoms with E-state index in [0.29, 0.717) is 19.3 Å². The maximum Gasteiger partial charge on any atom is 0.123 e. The third-order valence-corrected chi connectivity index (χ3v) is 3.56. The van der Waals surface area contributed by atoms with Crippen LogP contribution in [0, 0.1) is 12.7 Å². The summed E-state index contributed by atoms with van der Waals surface area (Å²) in [6.07, 6.45) is 0.543. The van der Waals surface area contributed by atoms with Crippen molar-refractivity contribution in [3.05, 3.63) is 35.1 Å². The maximum absolute atomic E-state index is 12.9. The number of aryl methyl sites for hydroxylation is 1. The van der Waals surface area contributed by atoms with E-state index < -0.39 is 11.7 Å². The van der Waals surface area contributed by atoms with E-state index in [-0.39, 0.29) is 5.82 Å². The highest BCUT2D eigenvalue weighted by atomic mass is 19.1. The van der Waals surface area contributed by atoms with Crippen molar-refractivity contribution >= 4 is 0 Å². The first-order valence-electron chi connectivity index (χ1n) is 6.08. The molecule has 2 nitrogen and oxygen atoms in total. The van der Waals surface area contributed by atoms with Crippen LogP contribution in [0.5, 0.6) is 0 Å². The van der Waals surface area contributed by atoms with Crippen LogP contribution in [0.4, 0.5) is 4.39 Å². The van der Waals surface area contributed by atoms with Crippen molar-refractivity contribution in [3.8, 4) is 0 Å². The molecule has 0 aliphatic rings. The first kappa shape index (κ1) is 14.1. The lowest BCUT2D eigenvalue weighted by Gasteiger charge is -2.31. The Morgan fingerprint density at radius 3 is 2.35 bits per heavy atom. The van der Waals surface area contributed by atoms with Gasteiger partial charge in [0.2, 0.25) is 0 Å². The van der Waals surface area contributed by atoms with Crippen molar-refractivity contribution in [3.63, 3.8) is 0 Å². The van der Waals surface area contributed by atoms with Gasteiger partial charge in [-0.3, -0.25) is 0 Å². The Hall–Kier alpha value is -0.930. The number of aliphatic hydroxyl groups excluding tert-OH is 1. The lowest BCUT2D eigenvalue weighted by Crippen LogP contribution is -2.42. The number of benzene rings is 1. The molecule has 0 aliphatic heterocycles. The molecule has 0 aliphatic carbocycles. The summed E-state index contributed by atoms with van der Waals surface area (Å²) in [4.78, 5) is 0. The molecular formula is C14H21FO2. The molecule has 17 heavy (non-hydrogen) atoms. The number of rotatable bonds is 5.